The fourth-order valence-corrected chi connectivity index (χ4v) is 2.78. The maximum atomic E-state index is 12.3. The Bertz CT molecular complexity index is 1090. The van der Waals surface area contributed by atoms with Gasteiger partial charge in [-0.15, -0.1) is 0 Å². The second kappa shape index (κ2) is 10.1. The fourth-order valence-electron chi connectivity index (χ4n) is 2.78. The lowest BCUT2D eigenvalue weighted by atomic mass is 10.1. The molecule has 31 heavy (non-hydrogen) atoms. The van der Waals surface area contributed by atoms with Crippen molar-refractivity contribution in [3.63, 3.8) is 0 Å². The van der Waals surface area contributed by atoms with Gasteiger partial charge in [0.05, 0.1) is 14.2 Å². The summed E-state index contributed by atoms with van der Waals surface area (Å²) in [6, 6.07) is 19.2. The molecule has 0 aromatic heterocycles. The quantitative estimate of drug-likeness (QED) is 0.337. The maximum Gasteiger partial charge on any atom is 0.336 e. The van der Waals surface area contributed by atoms with E-state index in [0.717, 1.165) is 5.56 Å². The summed E-state index contributed by atoms with van der Waals surface area (Å²) in [6.45, 7) is 1.98. The molecule has 0 aliphatic rings. The van der Waals surface area contributed by atoms with Gasteiger partial charge in [-0.05, 0) is 61.5 Å². The molecular weight excluding hydrogens is 394 g/mol. The zero-order chi connectivity index (χ0) is 22.2. The van der Waals surface area contributed by atoms with E-state index < -0.39 is 5.97 Å². The number of hydrogen-bond acceptors (Lipinski definition) is 5. The standard InChI is InChI=1S/C25H23NO5/c1-17-4-10-20(11-5-17)26-25(28)19-7-12-21(13-8-19)31-24(27)15-9-18-6-14-22(29-2)16-23(18)30-3/h4-16H,1-3H3,(H,26,28)/b15-9+. The van der Waals surface area contributed by atoms with Crippen LogP contribution in [0.3, 0.4) is 0 Å². The summed E-state index contributed by atoms with van der Waals surface area (Å²) < 4.78 is 15.8. The number of esters is 1. The molecule has 0 saturated heterocycles. The Kier molecular flexibility index (Phi) is 7.06. The lowest BCUT2D eigenvalue weighted by molar-refractivity contribution is -0.128. The zero-order valence-corrected chi connectivity index (χ0v) is 17.5. The molecule has 0 aliphatic heterocycles. The van der Waals surface area contributed by atoms with Crippen LogP contribution in [0.2, 0.25) is 0 Å². The van der Waals surface area contributed by atoms with Crippen LogP contribution in [0, 0.1) is 6.92 Å². The van der Waals surface area contributed by atoms with Crippen LogP contribution in [0.5, 0.6) is 17.2 Å². The van der Waals surface area contributed by atoms with E-state index in [2.05, 4.69) is 5.32 Å². The molecule has 158 valence electrons. The first-order valence-electron chi connectivity index (χ1n) is 9.58. The monoisotopic (exact) mass is 417 g/mol. The molecule has 0 spiro atoms. The van der Waals surface area contributed by atoms with Crippen LogP contribution in [0.4, 0.5) is 5.69 Å². The minimum atomic E-state index is -0.547. The highest BCUT2D eigenvalue weighted by Gasteiger charge is 2.08. The summed E-state index contributed by atoms with van der Waals surface area (Å²) in [5.74, 6) is 0.779. The molecule has 0 fully saturated rings. The molecule has 6 heteroatoms. The van der Waals surface area contributed by atoms with Crippen LogP contribution in [-0.2, 0) is 4.79 Å². The Balaban J connectivity index is 1.60. The number of carbonyl (C=O) groups excluding carboxylic acids is 2. The smallest absolute Gasteiger partial charge is 0.336 e. The molecule has 6 nitrogen and oxygen atoms in total. The van der Waals surface area contributed by atoms with Gasteiger partial charge in [-0.25, -0.2) is 4.79 Å². The summed E-state index contributed by atoms with van der Waals surface area (Å²) >= 11 is 0. The predicted molar refractivity (Wildman–Crippen MR) is 120 cm³/mol. The summed E-state index contributed by atoms with van der Waals surface area (Å²) in [7, 11) is 3.11. The van der Waals surface area contributed by atoms with Gasteiger partial charge in [-0.3, -0.25) is 4.79 Å². The Morgan fingerprint density at radius 2 is 1.52 bits per heavy atom. The topological polar surface area (TPSA) is 73.9 Å². The molecule has 0 atom stereocenters. The molecule has 0 bridgehead atoms. The van der Waals surface area contributed by atoms with Crippen LogP contribution in [0.1, 0.15) is 21.5 Å². The predicted octanol–water partition coefficient (Wildman–Crippen LogP) is 4.88. The van der Waals surface area contributed by atoms with E-state index in [1.807, 2.05) is 31.2 Å². The van der Waals surface area contributed by atoms with Gasteiger partial charge in [0.2, 0.25) is 0 Å². The number of benzene rings is 3. The number of nitrogens with one attached hydrogen (secondary N) is 1. The lowest BCUT2D eigenvalue weighted by Gasteiger charge is -2.07. The number of methoxy groups -OCH3 is 2. The van der Waals surface area contributed by atoms with E-state index in [-0.39, 0.29) is 5.91 Å². The van der Waals surface area contributed by atoms with Crippen molar-refractivity contribution < 1.29 is 23.8 Å². The van der Waals surface area contributed by atoms with Crippen LogP contribution < -0.4 is 19.5 Å². The first kappa shape index (κ1) is 21.6. The number of aryl methyl sites for hydroxylation is 1. The van der Waals surface area contributed by atoms with Crippen LogP contribution >= 0.6 is 0 Å². The molecule has 0 aliphatic carbocycles. The first-order chi connectivity index (χ1) is 15.0. The average Bonchev–Trinajstić information content (AvgIpc) is 2.79. The SMILES string of the molecule is COc1ccc(/C=C/C(=O)Oc2ccc(C(=O)Nc3ccc(C)cc3)cc2)c(OC)c1. The summed E-state index contributed by atoms with van der Waals surface area (Å²) in [6.07, 6.45) is 2.91. The molecule has 3 aromatic carbocycles. The van der Waals surface area contributed by atoms with Crippen LogP contribution in [-0.4, -0.2) is 26.1 Å². The lowest BCUT2D eigenvalue weighted by Crippen LogP contribution is -2.12. The van der Waals surface area contributed by atoms with Gasteiger partial charge in [0, 0.05) is 29.0 Å². The molecule has 1 N–H and O–H groups in total. The molecule has 0 saturated carbocycles. The summed E-state index contributed by atoms with van der Waals surface area (Å²) in [5, 5.41) is 2.82. The van der Waals surface area contributed by atoms with Gasteiger partial charge in [0.25, 0.3) is 5.91 Å². The average molecular weight is 417 g/mol. The number of ether oxygens (including phenoxy) is 3. The molecule has 1 amide bonds. The number of rotatable bonds is 7. The Morgan fingerprint density at radius 3 is 2.16 bits per heavy atom. The second-order valence-corrected chi connectivity index (χ2v) is 6.71. The van der Waals surface area contributed by atoms with Gasteiger partial charge in [0.1, 0.15) is 17.2 Å². The minimum Gasteiger partial charge on any atom is -0.497 e. The van der Waals surface area contributed by atoms with E-state index in [1.165, 1.54) is 6.08 Å². The molecule has 0 radical (unpaired) electrons. The highest BCUT2D eigenvalue weighted by Crippen LogP contribution is 2.25. The normalized spacial score (nSPS) is 10.5. The van der Waals surface area contributed by atoms with Crippen LogP contribution in [0.15, 0.2) is 72.8 Å². The zero-order valence-electron chi connectivity index (χ0n) is 17.5. The van der Waals surface area contributed by atoms with Gasteiger partial charge >= 0.3 is 5.97 Å². The Labute approximate surface area is 181 Å². The van der Waals surface area contributed by atoms with Gasteiger partial charge in [-0.1, -0.05) is 17.7 Å². The number of amides is 1. The van der Waals surface area contributed by atoms with E-state index in [4.69, 9.17) is 14.2 Å². The third-order valence-electron chi connectivity index (χ3n) is 4.48. The summed E-state index contributed by atoms with van der Waals surface area (Å²) in [4.78, 5) is 24.5. The number of carbonyl (C=O) groups is 2. The molecule has 0 heterocycles. The van der Waals surface area contributed by atoms with Crippen molar-refractivity contribution in [1.82, 2.24) is 0 Å². The highest BCUT2D eigenvalue weighted by molar-refractivity contribution is 6.04. The number of anilines is 1. The van der Waals surface area contributed by atoms with Crippen molar-refractivity contribution in [2.75, 3.05) is 19.5 Å². The van der Waals surface area contributed by atoms with Crippen LogP contribution in [0.25, 0.3) is 6.08 Å². The molecule has 3 rings (SSSR count). The van der Waals surface area contributed by atoms with Crippen molar-refractivity contribution in [1.29, 1.82) is 0 Å². The van der Waals surface area contributed by atoms with E-state index in [0.29, 0.717) is 34.1 Å². The minimum absolute atomic E-state index is 0.242. The highest BCUT2D eigenvalue weighted by atomic mass is 16.5. The van der Waals surface area contributed by atoms with Gasteiger partial charge in [-0.2, -0.15) is 0 Å². The molecular formula is C25H23NO5. The largest absolute Gasteiger partial charge is 0.497 e. The maximum absolute atomic E-state index is 12.3. The summed E-state index contributed by atoms with van der Waals surface area (Å²) in [5.41, 5.74) is 3.00. The molecule has 0 unspecified atom stereocenters. The van der Waals surface area contributed by atoms with E-state index in [1.54, 1.807) is 62.8 Å². The third-order valence-corrected chi connectivity index (χ3v) is 4.48. The fraction of sp³-hybridized carbons (Fsp3) is 0.120. The Hall–Kier alpha value is -4.06. The molecule has 3 aromatic rings. The van der Waals surface area contributed by atoms with Gasteiger partial charge in [0.15, 0.2) is 0 Å². The van der Waals surface area contributed by atoms with E-state index in [9.17, 15) is 9.59 Å². The van der Waals surface area contributed by atoms with E-state index >= 15 is 0 Å². The van der Waals surface area contributed by atoms with Gasteiger partial charge < -0.3 is 19.5 Å². The second-order valence-electron chi connectivity index (χ2n) is 6.71. The Morgan fingerprint density at radius 1 is 0.839 bits per heavy atom. The first-order valence-corrected chi connectivity index (χ1v) is 9.58. The van der Waals surface area contributed by atoms with Crippen molar-refractivity contribution in [2.45, 2.75) is 6.92 Å². The van der Waals surface area contributed by atoms with Crippen molar-refractivity contribution in [3.8, 4) is 17.2 Å². The van der Waals surface area contributed by atoms with Crippen molar-refractivity contribution in [3.05, 3.63) is 89.5 Å². The van der Waals surface area contributed by atoms with Crippen molar-refractivity contribution >= 4 is 23.6 Å². The van der Waals surface area contributed by atoms with Crippen molar-refractivity contribution in [2.24, 2.45) is 0 Å². The third kappa shape index (κ3) is 5.96. The number of hydrogen-bond donors (Lipinski definition) is 1.